The lowest BCUT2D eigenvalue weighted by Gasteiger charge is -2.22. The summed E-state index contributed by atoms with van der Waals surface area (Å²) in [5, 5.41) is 10.8. The van der Waals surface area contributed by atoms with Crippen LogP contribution in [0.5, 0.6) is 5.75 Å². The van der Waals surface area contributed by atoms with Gasteiger partial charge in [0.05, 0.1) is 7.11 Å². The van der Waals surface area contributed by atoms with E-state index in [4.69, 9.17) is 9.15 Å². The Morgan fingerprint density at radius 2 is 1.93 bits per heavy atom. The molecule has 1 saturated heterocycles. The molecule has 0 radical (unpaired) electrons. The Labute approximate surface area is 157 Å². The van der Waals surface area contributed by atoms with E-state index in [1.54, 1.807) is 38.3 Å². The zero-order valence-corrected chi connectivity index (χ0v) is 16.0. The molecule has 0 saturated carbocycles. The van der Waals surface area contributed by atoms with Crippen molar-refractivity contribution in [3.05, 3.63) is 30.2 Å². The first-order chi connectivity index (χ1) is 12.8. The highest BCUT2D eigenvalue weighted by Gasteiger charge is 2.47. The van der Waals surface area contributed by atoms with Crippen LogP contribution in [-0.2, 0) is 11.3 Å². The van der Waals surface area contributed by atoms with Crippen molar-refractivity contribution in [2.75, 3.05) is 7.11 Å². The van der Waals surface area contributed by atoms with E-state index in [1.165, 1.54) is 0 Å². The van der Waals surface area contributed by atoms with Gasteiger partial charge in [0, 0.05) is 5.56 Å². The van der Waals surface area contributed by atoms with Crippen LogP contribution in [0, 0.1) is 5.92 Å². The maximum Gasteiger partial charge on any atom is 0.325 e. The molecule has 0 aliphatic carbocycles. The van der Waals surface area contributed by atoms with Gasteiger partial charge in [0.25, 0.3) is 5.91 Å². The van der Waals surface area contributed by atoms with E-state index in [9.17, 15) is 9.59 Å². The monoisotopic (exact) mass is 372 g/mol. The molecule has 2 aromatic rings. The van der Waals surface area contributed by atoms with E-state index in [2.05, 4.69) is 29.4 Å². The maximum absolute atomic E-state index is 12.7. The number of ether oxygens (including phenoxy) is 1. The van der Waals surface area contributed by atoms with Crippen LogP contribution >= 0.6 is 0 Å². The number of urea groups is 1. The number of hydrogen-bond acceptors (Lipinski definition) is 6. The molecule has 8 heteroatoms. The normalized spacial score (nSPS) is 19.7. The fraction of sp³-hybridized carbons (Fsp3) is 0.474. The van der Waals surface area contributed by atoms with Gasteiger partial charge in [-0.25, -0.2) is 4.79 Å². The van der Waals surface area contributed by atoms with E-state index in [1.807, 2.05) is 0 Å². The van der Waals surface area contributed by atoms with Crippen LogP contribution in [0.15, 0.2) is 28.7 Å². The van der Waals surface area contributed by atoms with Crippen LogP contribution in [0.4, 0.5) is 4.79 Å². The van der Waals surface area contributed by atoms with Crippen molar-refractivity contribution < 1.29 is 18.7 Å². The number of nitrogens with one attached hydrogen (secondary N) is 1. The zero-order chi connectivity index (χ0) is 19.6. The third kappa shape index (κ3) is 3.94. The molecule has 2 heterocycles. The van der Waals surface area contributed by atoms with Crippen molar-refractivity contribution in [1.82, 2.24) is 20.4 Å². The van der Waals surface area contributed by atoms with Crippen LogP contribution < -0.4 is 10.1 Å². The lowest BCUT2D eigenvalue weighted by atomic mass is 9.92. The van der Waals surface area contributed by atoms with Gasteiger partial charge in [-0.05, 0) is 49.9 Å². The van der Waals surface area contributed by atoms with Crippen molar-refractivity contribution in [3.63, 3.8) is 0 Å². The van der Waals surface area contributed by atoms with Gasteiger partial charge < -0.3 is 14.5 Å². The molecule has 1 aliphatic heterocycles. The first-order valence-corrected chi connectivity index (χ1v) is 8.93. The van der Waals surface area contributed by atoms with Gasteiger partial charge in [-0.2, -0.15) is 0 Å². The second-order valence-corrected chi connectivity index (χ2v) is 7.32. The van der Waals surface area contributed by atoms with Crippen LogP contribution in [0.3, 0.4) is 0 Å². The van der Waals surface area contributed by atoms with Crippen molar-refractivity contribution >= 4 is 11.9 Å². The molecule has 1 aromatic heterocycles. The van der Waals surface area contributed by atoms with Gasteiger partial charge in [0.1, 0.15) is 17.8 Å². The third-order valence-corrected chi connectivity index (χ3v) is 4.66. The van der Waals surface area contributed by atoms with Crippen molar-refractivity contribution in [1.29, 1.82) is 0 Å². The maximum atomic E-state index is 12.7. The second kappa shape index (κ2) is 7.38. The molecule has 0 spiro atoms. The Morgan fingerprint density at radius 3 is 2.56 bits per heavy atom. The summed E-state index contributed by atoms with van der Waals surface area (Å²) in [5.41, 5.74) is -0.159. The number of rotatable bonds is 7. The fourth-order valence-corrected chi connectivity index (χ4v) is 2.94. The minimum Gasteiger partial charge on any atom is -0.497 e. The molecule has 1 aromatic carbocycles. The Bertz CT molecular complexity index is 830. The summed E-state index contributed by atoms with van der Waals surface area (Å²) in [7, 11) is 1.59. The molecule has 1 fully saturated rings. The highest BCUT2D eigenvalue weighted by Crippen LogP contribution is 2.27. The van der Waals surface area contributed by atoms with Crippen LogP contribution in [-0.4, -0.2) is 39.7 Å². The van der Waals surface area contributed by atoms with Gasteiger partial charge in [-0.3, -0.25) is 9.69 Å². The minimum atomic E-state index is -0.889. The summed E-state index contributed by atoms with van der Waals surface area (Å²) >= 11 is 0. The van der Waals surface area contributed by atoms with E-state index < -0.39 is 11.6 Å². The molecular weight excluding hydrogens is 348 g/mol. The smallest absolute Gasteiger partial charge is 0.325 e. The zero-order valence-electron chi connectivity index (χ0n) is 16.0. The number of carbonyl (C=O) groups is 2. The number of carbonyl (C=O) groups excluding carboxylic acids is 2. The number of nitrogens with zero attached hydrogens (tertiary/aromatic N) is 3. The standard InChI is InChI=1S/C19H24N4O4/c1-12(2)9-10-19(3)17(24)23(18(25)20-19)11-15-21-22-16(27-15)13-5-7-14(26-4)8-6-13/h5-8,12H,9-11H2,1-4H3,(H,20,25)/t19-/m1/s1. The number of benzene rings is 1. The number of amides is 3. The molecule has 27 heavy (non-hydrogen) atoms. The summed E-state index contributed by atoms with van der Waals surface area (Å²) in [6.07, 6.45) is 1.44. The van der Waals surface area contributed by atoms with E-state index in [0.29, 0.717) is 18.2 Å². The van der Waals surface area contributed by atoms with Gasteiger partial charge in [0.15, 0.2) is 0 Å². The molecule has 3 amide bonds. The Morgan fingerprint density at radius 1 is 1.22 bits per heavy atom. The van der Waals surface area contributed by atoms with Crippen molar-refractivity contribution in [2.24, 2.45) is 5.92 Å². The quantitative estimate of drug-likeness (QED) is 0.751. The molecule has 144 valence electrons. The van der Waals surface area contributed by atoms with Gasteiger partial charge in [-0.1, -0.05) is 13.8 Å². The van der Waals surface area contributed by atoms with Crippen LogP contribution in [0.1, 0.15) is 39.5 Å². The molecule has 0 bridgehead atoms. The molecule has 1 N–H and O–H groups in total. The summed E-state index contributed by atoms with van der Waals surface area (Å²) in [6, 6.07) is 6.74. The van der Waals surface area contributed by atoms with Gasteiger partial charge >= 0.3 is 6.03 Å². The SMILES string of the molecule is COc1ccc(-c2nnc(CN3C(=O)N[C@](C)(CCC(C)C)C3=O)o2)cc1. The average Bonchev–Trinajstić information content (AvgIpc) is 3.19. The number of methoxy groups -OCH3 is 1. The highest BCUT2D eigenvalue weighted by atomic mass is 16.5. The molecular formula is C19H24N4O4. The first-order valence-electron chi connectivity index (χ1n) is 8.93. The fourth-order valence-electron chi connectivity index (χ4n) is 2.94. The first kappa shape index (κ1) is 18.9. The average molecular weight is 372 g/mol. The van der Waals surface area contributed by atoms with E-state index >= 15 is 0 Å². The topological polar surface area (TPSA) is 97.6 Å². The molecule has 8 nitrogen and oxygen atoms in total. The van der Waals surface area contributed by atoms with Gasteiger partial charge in [0.2, 0.25) is 11.8 Å². The molecule has 3 rings (SSSR count). The summed E-state index contributed by atoms with van der Waals surface area (Å²) in [6.45, 7) is 5.88. The van der Waals surface area contributed by atoms with E-state index in [0.717, 1.165) is 22.6 Å². The largest absolute Gasteiger partial charge is 0.497 e. The van der Waals surface area contributed by atoms with Crippen LogP contribution in [0.2, 0.25) is 0 Å². The lowest BCUT2D eigenvalue weighted by Crippen LogP contribution is -2.44. The second-order valence-electron chi connectivity index (χ2n) is 7.32. The van der Waals surface area contributed by atoms with E-state index in [-0.39, 0.29) is 18.3 Å². The van der Waals surface area contributed by atoms with Crippen molar-refractivity contribution in [3.8, 4) is 17.2 Å². The van der Waals surface area contributed by atoms with Gasteiger partial charge in [-0.15, -0.1) is 10.2 Å². The van der Waals surface area contributed by atoms with Crippen molar-refractivity contribution in [2.45, 2.75) is 45.7 Å². The highest BCUT2D eigenvalue weighted by molar-refractivity contribution is 6.06. The number of aromatic nitrogens is 2. The third-order valence-electron chi connectivity index (χ3n) is 4.66. The van der Waals surface area contributed by atoms with Crippen LogP contribution in [0.25, 0.3) is 11.5 Å². The Kier molecular flexibility index (Phi) is 5.16. The number of hydrogen-bond donors (Lipinski definition) is 1. The predicted molar refractivity (Wildman–Crippen MR) is 97.8 cm³/mol. The lowest BCUT2D eigenvalue weighted by molar-refractivity contribution is -0.131. The summed E-state index contributed by atoms with van der Waals surface area (Å²) in [5.74, 6) is 1.43. The minimum absolute atomic E-state index is 0.0505. The predicted octanol–water partition coefficient (Wildman–Crippen LogP) is 2.99. The Hall–Kier alpha value is -2.90. The number of imide groups is 1. The summed E-state index contributed by atoms with van der Waals surface area (Å²) in [4.78, 5) is 26.2. The molecule has 1 atom stereocenters. The molecule has 0 unspecified atom stereocenters. The Balaban J connectivity index is 1.71. The molecule has 1 aliphatic rings. The summed E-state index contributed by atoms with van der Waals surface area (Å²) < 4.78 is 10.8.